The van der Waals surface area contributed by atoms with Crippen molar-refractivity contribution in [2.45, 2.75) is 51.5 Å². The first kappa shape index (κ1) is 18.6. The summed E-state index contributed by atoms with van der Waals surface area (Å²) in [6, 6.07) is 7.94. The van der Waals surface area contributed by atoms with Crippen LogP contribution in [0, 0.1) is 23.2 Å². The normalized spacial score (nSPS) is 29.9. The Kier molecular flexibility index (Phi) is 4.60. The van der Waals surface area contributed by atoms with Gasteiger partial charge in [0.2, 0.25) is 11.8 Å². The van der Waals surface area contributed by atoms with E-state index in [-0.39, 0.29) is 17.2 Å². The summed E-state index contributed by atoms with van der Waals surface area (Å²) < 4.78 is 2.00. The Bertz CT molecular complexity index is 912. The molecule has 1 aromatic heterocycles. The fraction of sp³-hybridized carbons (Fsp3) is 0.609. The highest BCUT2D eigenvalue weighted by Gasteiger charge is 2.54. The second-order valence-corrected chi connectivity index (χ2v) is 9.56. The average Bonchev–Trinajstić information content (AvgIpc) is 3.01. The van der Waals surface area contributed by atoms with E-state index in [1.54, 1.807) is 0 Å². The molecule has 4 aliphatic rings. The molecule has 2 aromatic rings. The number of nitrogens with one attached hydrogen (secondary N) is 2. The fourth-order valence-electron chi connectivity index (χ4n) is 6.49. The fourth-order valence-corrected chi connectivity index (χ4v) is 6.49. The number of amides is 2. The maximum absolute atomic E-state index is 12.9. The molecule has 4 aliphatic carbocycles. The largest absolute Gasteiger partial charge is 0.355 e. The Hall–Kier alpha value is -2.37. The van der Waals surface area contributed by atoms with Gasteiger partial charge >= 0.3 is 0 Å². The number of aryl methyl sites for hydroxylation is 1. The standard InChI is InChI=1S/C23H30N4O2/c1-27-19-5-3-2-4-18(19)26-20(27)14-25-21(28)6-7-24-22(29)23-11-15-8-16(12-23)10-17(9-15)13-23/h2-5,15-17H,6-14H2,1H3,(H,24,29)(H,25,28). The van der Waals surface area contributed by atoms with Crippen LogP contribution in [0.4, 0.5) is 0 Å². The van der Waals surface area contributed by atoms with E-state index < -0.39 is 0 Å². The highest BCUT2D eigenvalue weighted by molar-refractivity contribution is 5.84. The summed E-state index contributed by atoms with van der Waals surface area (Å²) in [5.74, 6) is 3.23. The quantitative estimate of drug-likeness (QED) is 0.791. The molecule has 6 nitrogen and oxygen atoms in total. The van der Waals surface area contributed by atoms with Crippen LogP contribution in [0.3, 0.4) is 0 Å². The van der Waals surface area contributed by atoms with Crippen molar-refractivity contribution in [3.05, 3.63) is 30.1 Å². The van der Waals surface area contributed by atoms with Crippen molar-refractivity contribution in [2.24, 2.45) is 30.2 Å². The maximum Gasteiger partial charge on any atom is 0.226 e. The number of benzene rings is 1. The van der Waals surface area contributed by atoms with Gasteiger partial charge in [0.25, 0.3) is 0 Å². The van der Waals surface area contributed by atoms with Crippen molar-refractivity contribution < 1.29 is 9.59 Å². The summed E-state index contributed by atoms with van der Waals surface area (Å²) in [7, 11) is 1.96. The Labute approximate surface area is 171 Å². The zero-order chi connectivity index (χ0) is 20.0. The minimum Gasteiger partial charge on any atom is -0.355 e. The van der Waals surface area contributed by atoms with Gasteiger partial charge in [0.05, 0.1) is 17.6 Å². The third kappa shape index (κ3) is 3.43. The molecule has 1 heterocycles. The Balaban J connectivity index is 1.11. The minimum absolute atomic E-state index is 0.0529. The molecule has 29 heavy (non-hydrogen) atoms. The van der Waals surface area contributed by atoms with E-state index in [0.717, 1.165) is 53.9 Å². The first-order valence-corrected chi connectivity index (χ1v) is 11.0. The van der Waals surface area contributed by atoms with E-state index in [1.165, 1.54) is 19.3 Å². The number of carbonyl (C=O) groups is 2. The molecule has 1 aromatic carbocycles. The van der Waals surface area contributed by atoms with Gasteiger partial charge in [-0.05, 0) is 68.4 Å². The third-order valence-electron chi connectivity index (χ3n) is 7.48. The van der Waals surface area contributed by atoms with Gasteiger partial charge in [-0.25, -0.2) is 4.98 Å². The molecule has 0 saturated heterocycles. The van der Waals surface area contributed by atoms with Gasteiger partial charge < -0.3 is 15.2 Å². The molecule has 0 radical (unpaired) electrons. The molecular weight excluding hydrogens is 364 g/mol. The monoisotopic (exact) mass is 394 g/mol. The van der Waals surface area contributed by atoms with Crippen LogP contribution in [0.25, 0.3) is 11.0 Å². The van der Waals surface area contributed by atoms with Crippen molar-refractivity contribution >= 4 is 22.8 Å². The molecule has 0 aliphatic heterocycles. The van der Waals surface area contributed by atoms with E-state index in [9.17, 15) is 9.59 Å². The Morgan fingerprint density at radius 1 is 1.07 bits per heavy atom. The van der Waals surface area contributed by atoms with Crippen LogP contribution in [0.1, 0.15) is 50.8 Å². The molecule has 2 N–H and O–H groups in total. The van der Waals surface area contributed by atoms with Crippen LogP contribution in [0.2, 0.25) is 0 Å². The van der Waals surface area contributed by atoms with Crippen LogP contribution in [-0.2, 0) is 23.2 Å². The highest BCUT2D eigenvalue weighted by atomic mass is 16.2. The number of fused-ring (bicyclic) bond motifs is 1. The Morgan fingerprint density at radius 3 is 2.38 bits per heavy atom. The third-order valence-corrected chi connectivity index (χ3v) is 7.48. The SMILES string of the molecule is Cn1c(CNC(=O)CCNC(=O)C23CC4CC(CC(C4)C2)C3)nc2ccccc21. The number of hydrogen-bond acceptors (Lipinski definition) is 3. The summed E-state index contributed by atoms with van der Waals surface area (Å²) in [5, 5.41) is 6.02. The van der Waals surface area contributed by atoms with E-state index in [4.69, 9.17) is 0 Å². The molecule has 0 atom stereocenters. The number of para-hydroxylation sites is 2. The van der Waals surface area contributed by atoms with Gasteiger partial charge in [-0.2, -0.15) is 0 Å². The lowest BCUT2D eigenvalue weighted by Gasteiger charge is -2.55. The second-order valence-electron chi connectivity index (χ2n) is 9.56. The van der Waals surface area contributed by atoms with E-state index in [1.807, 2.05) is 35.9 Å². The van der Waals surface area contributed by atoms with Crippen LogP contribution in [0.15, 0.2) is 24.3 Å². The number of hydrogen-bond donors (Lipinski definition) is 2. The maximum atomic E-state index is 12.9. The number of rotatable bonds is 6. The van der Waals surface area contributed by atoms with Crippen LogP contribution in [-0.4, -0.2) is 27.9 Å². The van der Waals surface area contributed by atoms with Crippen molar-refractivity contribution in [1.82, 2.24) is 20.2 Å². The topological polar surface area (TPSA) is 76.0 Å². The molecule has 6 rings (SSSR count). The van der Waals surface area contributed by atoms with E-state index in [2.05, 4.69) is 15.6 Å². The van der Waals surface area contributed by atoms with Crippen molar-refractivity contribution in [3.63, 3.8) is 0 Å². The van der Waals surface area contributed by atoms with Crippen molar-refractivity contribution in [3.8, 4) is 0 Å². The number of imidazole rings is 1. The first-order valence-electron chi connectivity index (χ1n) is 11.0. The molecule has 154 valence electrons. The molecule has 0 unspecified atom stereocenters. The first-order chi connectivity index (χ1) is 14.0. The van der Waals surface area contributed by atoms with E-state index in [0.29, 0.717) is 19.5 Å². The van der Waals surface area contributed by atoms with Crippen LogP contribution in [0.5, 0.6) is 0 Å². The molecule has 0 spiro atoms. The zero-order valence-electron chi connectivity index (χ0n) is 17.1. The summed E-state index contributed by atoms with van der Waals surface area (Å²) in [4.78, 5) is 29.8. The molecule has 4 fully saturated rings. The van der Waals surface area contributed by atoms with Crippen molar-refractivity contribution in [1.29, 1.82) is 0 Å². The zero-order valence-corrected chi connectivity index (χ0v) is 17.1. The van der Waals surface area contributed by atoms with Crippen LogP contribution < -0.4 is 10.6 Å². The second kappa shape index (κ2) is 7.15. The van der Waals surface area contributed by atoms with E-state index >= 15 is 0 Å². The Morgan fingerprint density at radius 2 is 1.72 bits per heavy atom. The van der Waals surface area contributed by atoms with Gasteiger partial charge in [0, 0.05) is 25.4 Å². The van der Waals surface area contributed by atoms with Crippen LogP contribution >= 0.6 is 0 Å². The molecule has 4 saturated carbocycles. The number of aromatic nitrogens is 2. The molecule has 6 heteroatoms. The minimum atomic E-state index is -0.141. The summed E-state index contributed by atoms with van der Waals surface area (Å²) in [6.07, 6.45) is 7.48. The number of carbonyl (C=O) groups excluding carboxylic acids is 2. The predicted octanol–water partition coefficient (Wildman–Crippen LogP) is 2.91. The lowest BCUT2D eigenvalue weighted by atomic mass is 9.49. The lowest BCUT2D eigenvalue weighted by Crippen LogP contribution is -2.53. The van der Waals surface area contributed by atoms with Gasteiger partial charge in [-0.3, -0.25) is 9.59 Å². The average molecular weight is 395 g/mol. The summed E-state index contributed by atoms with van der Waals surface area (Å²) in [6.45, 7) is 0.807. The molecule has 2 amide bonds. The van der Waals surface area contributed by atoms with Crippen molar-refractivity contribution in [2.75, 3.05) is 6.54 Å². The predicted molar refractivity (Wildman–Crippen MR) is 111 cm³/mol. The molecular formula is C23H30N4O2. The highest BCUT2D eigenvalue weighted by Crippen LogP contribution is 2.60. The van der Waals surface area contributed by atoms with Gasteiger partial charge in [-0.15, -0.1) is 0 Å². The van der Waals surface area contributed by atoms with Gasteiger partial charge in [0.15, 0.2) is 0 Å². The van der Waals surface area contributed by atoms with Gasteiger partial charge in [-0.1, -0.05) is 12.1 Å². The summed E-state index contributed by atoms with van der Waals surface area (Å²) in [5.41, 5.74) is 1.85. The summed E-state index contributed by atoms with van der Waals surface area (Å²) >= 11 is 0. The smallest absolute Gasteiger partial charge is 0.226 e. The van der Waals surface area contributed by atoms with Gasteiger partial charge in [0.1, 0.15) is 5.82 Å². The number of nitrogens with zero attached hydrogens (tertiary/aromatic N) is 2. The molecule has 4 bridgehead atoms. The lowest BCUT2D eigenvalue weighted by molar-refractivity contribution is -0.146.